The summed E-state index contributed by atoms with van der Waals surface area (Å²) in [6, 6.07) is 5.24. The predicted molar refractivity (Wildman–Crippen MR) is 68.3 cm³/mol. The lowest BCUT2D eigenvalue weighted by atomic mass is 10.2. The van der Waals surface area contributed by atoms with Crippen molar-refractivity contribution in [1.29, 1.82) is 0 Å². The second kappa shape index (κ2) is 5.01. The summed E-state index contributed by atoms with van der Waals surface area (Å²) in [5.41, 5.74) is 1.04. The fourth-order valence-electron chi connectivity index (χ4n) is 1.92. The molecule has 1 aliphatic carbocycles. The summed E-state index contributed by atoms with van der Waals surface area (Å²) >= 11 is 0. The molecule has 4 nitrogen and oxygen atoms in total. The quantitative estimate of drug-likeness (QED) is 0.900. The number of benzene rings is 1. The van der Waals surface area contributed by atoms with Crippen LogP contribution in [0.15, 0.2) is 28.9 Å². The van der Waals surface area contributed by atoms with E-state index >= 15 is 0 Å². The number of methoxy groups -OCH3 is 1. The lowest BCUT2D eigenvalue weighted by Crippen LogP contribution is -2.15. The van der Waals surface area contributed by atoms with Gasteiger partial charge < -0.3 is 14.5 Å². The third-order valence-electron chi connectivity index (χ3n) is 3.11. The third-order valence-corrected chi connectivity index (χ3v) is 3.11. The molecule has 1 saturated carbocycles. The molecule has 2 aromatic rings. The highest BCUT2D eigenvalue weighted by molar-refractivity contribution is 5.63. The molecule has 0 saturated heterocycles. The molecule has 0 radical (unpaired) electrons. The first kappa shape index (κ1) is 12.2. The van der Waals surface area contributed by atoms with Crippen LogP contribution in [0, 0.1) is 5.82 Å². The summed E-state index contributed by atoms with van der Waals surface area (Å²) in [5, 5.41) is 3.33. The summed E-state index contributed by atoms with van der Waals surface area (Å²) in [4.78, 5) is 4.30. The lowest BCUT2D eigenvalue weighted by molar-refractivity contribution is 0.410. The van der Waals surface area contributed by atoms with E-state index in [9.17, 15) is 4.39 Å². The van der Waals surface area contributed by atoms with Crippen molar-refractivity contribution in [2.75, 3.05) is 7.11 Å². The van der Waals surface area contributed by atoms with Gasteiger partial charge in [0.05, 0.1) is 12.8 Å². The molecule has 1 N–H and O–H groups in total. The minimum atomic E-state index is -0.400. The number of nitrogens with one attached hydrogen (secondary N) is 1. The van der Waals surface area contributed by atoms with Crippen LogP contribution in [0.2, 0.25) is 0 Å². The normalized spacial score (nSPS) is 14.6. The van der Waals surface area contributed by atoms with Gasteiger partial charge in [0, 0.05) is 12.6 Å². The Labute approximate surface area is 110 Å². The zero-order valence-corrected chi connectivity index (χ0v) is 10.6. The first-order valence-corrected chi connectivity index (χ1v) is 6.28. The minimum Gasteiger partial charge on any atom is -0.496 e. The summed E-state index contributed by atoms with van der Waals surface area (Å²) in [5.74, 6) is 0.272. The van der Waals surface area contributed by atoms with Gasteiger partial charge in [-0.2, -0.15) is 0 Å². The van der Waals surface area contributed by atoms with Gasteiger partial charge in [-0.05, 0) is 25.0 Å². The lowest BCUT2D eigenvalue weighted by Gasteiger charge is -2.05. The van der Waals surface area contributed by atoms with Crippen molar-refractivity contribution in [3.63, 3.8) is 0 Å². The number of oxazole rings is 1. The number of rotatable bonds is 5. The van der Waals surface area contributed by atoms with Crippen LogP contribution in [0.1, 0.15) is 18.5 Å². The van der Waals surface area contributed by atoms with Crippen molar-refractivity contribution >= 4 is 0 Å². The predicted octanol–water partition coefficient (Wildman–Crippen LogP) is 2.74. The number of nitrogens with zero attached hydrogens (tertiary/aromatic N) is 1. The summed E-state index contributed by atoms with van der Waals surface area (Å²) < 4.78 is 24.4. The molecule has 3 rings (SSSR count). The second-order valence-corrected chi connectivity index (χ2v) is 4.62. The number of hydrogen-bond donors (Lipinski definition) is 1. The van der Waals surface area contributed by atoms with Gasteiger partial charge in [-0.1, -0.05) is 6.07 Å². The van der Waals surface area contributed by atoms with Gasteiger partial charge in [-0.15, -0.1) is 0 Å². The molecule has 1 aromatic carbocycles. The highest BCUT2D eigenvalue weighted by Gasteiger charge is 2.21. The maximum Gasteiger partial charge on any atom is 0.232 e. The Morgan fingerprint density at radius 2 is 2.32 bits per heavy atom. The number of hydrogen-bond acceptors (Lipinski definition) is 4. The standard InChI is InChI=1S/C14H15FN2O2/c1-18-12-4-2-3-11(15)13(12)14-17-10(8-19-14)7-16-9-5-6-9/h2-4,8-9,16H,5-7H2,1H3. The average Bonchev–Trinajstić information content (AvgIpc) is 3.14. The van der Waals surface area contributed by atoms with Gasteiger partial charge in [0.1, 0.15) is 23.4 Å². The van der Waals surface area contributed by atoms with Crippen LogP contribution in [0.5, 0.6) is 5.75 Å². The molecule has 0 atom stereocenters. The Balaban J connectivity index is 1.84. The maximum absolute atomic E-state index is 13.9. The van der Waals surface area contributed by atoms with Gasteiger partial charge in [0.2, 0.25) is 5.89 Å². The van der Waals surface area contributed by atoms with E-state index in [2.05, 4.69) is 10.3 Å². The number of aromatic nitrogens is 1. The van der Waals surface area contributed by atoms with Crippen molar-refractivity contribution in [2.24, 2.45) is 0 Å². The molecule has 5 heteroatoms. The minimum absolute atomic E-state index is 0.252. The number of halogens is 1. The highest BCUT2D eigenvalue weighted by Crippen LogP contribution is 2.31. The molecule has 0 amide bonds. The average molecular weight is 262 g/mol. The maximum atomic E-state index is 13.9. The zero-order valence-electron chi connectivity index (χ0n) is 10.6. The van der Waals surface area contributed by atoms with Crippen LogP contribution in [0.25, 0.3) is 11.5 Å². The first-order chi connectivity index (χ1) is 9.28. The molecule has 0 bridgehead atoms. The van der Waals surface area contributed by atoms with Crippen LogP contribution in [0.4, 0.5) is 4.39 Å². The Hall–Kier alpha value is -1.88. The van der Waals surface area contributed by atoms with E-state index in [4.69, 9.17) is 9.15 Å². The Bertz CT molecular complexity index is 579. The van der Waals surface area contributed by atoms with E-state index in [1.807, 2.05) is 0 Å². The van der Waals surface area contributed by atoms with Gasteiger partial charge >= 0.3 is 0 Å². The first-order valence-electron chi connectivity index (χ1n) is 6.28. The summed E-state index contributed by atoms with van der Waals surface area (Å²) in [6.45, 7) is 0.644. The second-order valence-electron chi connectivity index (χ2n) is 4.62. The molecule has 1 aromatic heterocycles. The fraction of sp³-hybridized carbons (Fsp3) is 0.357. The Kier molecular flexibility index (Phi) is 3.21. The van der Waals surface area contributed by atoms with Crippen molar-refractivity contribution in [3.05, 3.63) is 36.0 Å². The van der Waals surface area contributed by atoms with Crippen LogP contribution < -0.4 is 10.1 Å². The van der Waals surface area contributed by atoms with E-state index < -0.39 is 5.82 Å². The van der Waals surface area contributed by atoms with Crippen molar-refractivity contribution in [3.8, 4) is 17.2 Å². The van der Waals surface area contributed by atoms with Crippen molar-refractivity contribution < 1.29 is 13.5 Å². The van der Waals surface area contributed by atoms with Crippen LogP contribution in [0.3, 0.4) is 0 Å². The molecule has 19 heavy (non-hydrogen) atoms. The fourth-order valence-corrected chi connectivity index (χ4v) is 1.92. The molecule has 1 fully saturated rings. The van der Waals surface area contributed by atoms with Gasteiger partial charge in [0.25, 0.3) is 0 Å². The van der Waals surface area contributed by atoms with Crippen molar-refractivity contribution in [2.45, 2.75) is 25.4 Å². The molecule has 0 spiro atoms. The smallest absolute Gasteiger partial charge is 0.232 e. The molecule has 0 aliphatic heterocycles. The molecule has 100 valence electrons. The van der Waals surface area contributed by atoms with Crippen molar-refractivity contribution in [1.82, 2.24) is 10.3 Å². The van der Waals surface area contributed by atoms with E-state index in [1.165, 1.54) is 26.0 Å². The topological polar surface area (TPSA) is 47.3 Å². The summed E-state index contributed by atoms with van der Waals surface area (Å²) in [7, 11) is 1.50. The number of ether oxygens (including phenoxy) is 1. The van der Waals surface area contributed by atoms with Gasteiger partial charge in [-0.3, -0.25) is 0 Å². The molecular weight excluding hydrogens is 247 g/mol. The molecule has 0 unspecified atom stereocenters. The van der Waals surface area contributed by atoms with E-state index in [1.54, 1.807) is 18.4 Å². The highest BCUT2D eigenvalue weighted by atomic mass is 19.1. The monoisotopic (exact) mass is 262 g/mol. The van der Waals surface area contributed by atoms with Crippen LogP contribution in [-0.4, -0.2) is 18.1 Å². The van der Waals surface area contributed by atoms with E-state index in [0.717, 1.165) is 5.69 Å². The largest absolute Gasteiger partial charge is 0.496 e. The van der Waals surface area contributed by atoms with Crippen LogP contribution in [-0.2, 0) is 6.54 Å². The Morgan fingerprint density at radius 1 is 1.47 bits per heavy atom. The molecule has 1 aliphatic rings. The van der Waals surface area contributed by atoms with E-state index in [-0.39, 0.29) is 11.5 Å². The zero-order chi connectivity index (χ0) is 13.2. The third kappa shape index (κ3) is 2.61. The van der Waals surface area contributed by atoms with E-state index in [0.29, 0.717) is 18.3 Å². The van der Waals surface area contributed by atoms with Crippen LogP contribution >= 0.6 is 0 Å². The SMILES string of the molecule is COc1cccc(F)c1-c1nc(CNC2CC2)co1. The molecule has 1 heterocycles. The van der Waals surface area contributed by atoms with Gasteiger partial charge in [-0.25, -0.2) is 9.37 Å². The summed E-state index contributed by atoms with van der Waals surface area (Å²) in [6.07, 6.45) is 3.98. The van der Waals surface area contributed by atoms with Gasteiger partial charge in [0.15, 0.2) is 0 Å². The Morgan fingerprint density at radius 3 is 3.05 bits per heavy atom. The molecular formula is C14H15FN2O2.